The van der Waals surface area contributed by atoms with Crippen LogP contribution in [-0.2, 0) is 14.8 Å². The molecule has 0 spiro atoms. The molecule has 2 heterocycles. The molecule has 10 heteroatoms. The van der Waals surface area contributed by atoms with Crippen molar-refractivity contribution in [3.63, 3.8) is 0 Å². The Bertz CT molecular complexity index is 1430. The predicted molar refractivity (Wildman–Crippen MR) is 122 cm³/mol. The predicted octanol–water partition coefficient (Wildman–Crippen LogP) is 3.01. The number of carbonyl (C=O) groups is 1. The summed E-state index contributed by atoms with van der Waals surface area (Å²) in [5.74, 6) is -0.281. The van der Waals surface area contributed by atoms with Crippen LogP contribution >= 0.6 is 0 Å². The van der Waals surface area contributed by atoms with E-state index in [1.165, 1.54) is 12.1 Å². The molecule has 0 aliphatic rings. The molecule has 0 bridgehead atoms. The summed E-state index contributed by atoms with van der Waals surface area (Å²) >= 11 is 0. The first-order valence-corrected chi connectivity index (χ1v) is 11.6. The van der Waals surface area contributed by atoms with E-state index in [1.807, 2.05) is 26.0 Å². The number of anilines is 1. The van der Waals surface area contributed by atoms with Gasteiger partial charge in [-0.3, -0.25) is 4.57 Å². The van der Waals surface area contributed by atoms with Gasteiger partial charge in [0.15, 0.2) is 5.65 Å². The number of ether oxygens (including phenoxy) is 1. The summed E-state index contributed by atoms with van der Waals surface area (Å²) in [6.07, 6.45) is 0.866. The fourth-order valence-electron chi connectivity index (χ4n) is 3.32. The van der Waals surface area contributed by atoms with Crippen LogP contribution in [0.25, 0.3) is 27.9 Å². The lowest BCUT2D eigenvalue weighted by molar-refractivity contribution is 0.0450. The fourth-order valence-corrected chi connectivity index (χ4v) is 3.83. The molecule has 166 valence electrons. The smallest absolute Gasteiger partial charge is 0.344 e. The molecule has 0 amide bonds. The number of para-hydroxylation sites is 2. The van der Waals surface area contributed by atoms with Crippen molar-refractivity contribution in [1.29, 1.82) is 0 Å². The van der Waals surface area contributed by atoms with Crippen molar-refractivity contribution in [1.82, 2.24) is 14.5 Å². The Morgan fingerprint density at radius 3 is 2.31 bits per heavy atom. The van der Waals surface area contributed by atoms with Crippen molar-refractivity contribution in [3.8, 4) is 5.69 Å². The average Bonchev–Trinajstić information content (AvgIpc) is 3.05. The number of fused-ring (bicyclic) bond motifs is 2. The van der Waals surface area contributed by atoms with E-state index in [1.54, 1.807) is 28.8 Å². The van der Waals surface area contributed by atoms with Crippen LogP contribution in [0.5, 0.6) is 0 Å². The van der Waals surface area contributed by atoms with Gasteiger partial charge in [-0.15, -0.1) is 0 Å². The third kappa shape index (κ3) is 3.90. The van der Waals surface area contributed by atoms with Gasteiger partial charge in [-0.25, -0.2) is 28.3 Å². The first kappa shape index (κ1) is 21.7. The zero-order chi connectivity index (χ0) is 23.0. The average molecular weight is 454 g/mol. The molecular weight excluding hydrogens is 430 g/mol. The van der Waals surface area contributed by atoms with Crippen LogP contribution in [0.2, 0.25) is 0 Å². The highest BCUT2D eigenvalue weighted by molar-refractivity contribution is 7.89. The normalized spacial score (nSPS) is 12.8. The first-order valence-electron chi connectivity index (χ1n) is 10.1. The third-order valence-corrected chi connectivity index (χ3v) is 6.25. The highest BCUT2D eigenvalue weighted by atomic mass is 32.2. The Morgan fingerprint density at radius 2 is 1.72 bits per heavy atom. The maximum absolute atomic E-state index is 13.0. The summed E-state index contributed by atoms with van der Waals surface area (Å²) < 4.78 is 30.3. The van der Waals surface area contributed by atoms with E-state index in [4.69, 9.17) is 15.6 Å². The van der Waals surface area contributed by atoms with Gasteiger partial charge in [0.25, 0.3) is 0 Å². The number of nitrogens with zero attached hydrogens (tertiary/aromatic N) is 3. The van der Waals surface area contributed by atoms with Gasteiger partial charge in [0.05, 0.1) is 22.5 Å². The van der Waals surface area contributed by atoms with Gasteiger partial charge in [-0.05, 0) is 42.3 Å². The van der Waals surface area contributed by atoms with Crippen molar-refractivity contribution in [3.05, 3.63) is 54.1 Å². The number of sulfonamides is 1. The zero-order valence-electron chi connectivity index (χ0n) is 17.6. The molecule has 0 saturated carbocycles. The minimum Gasteiger partial charge on any atom is -0.462 e. The van der Waals surface area contributed by atoms with Gasteiger partial charge >= 0.3 is 5.97 Å². The lowest BCUT2D eigenvalue weighted by atomic mass is 10.1. The molecule has 2 aromatic heterocycles. The molecule has 4 N–H and O–H groups in total. The number of nitrogens with two attached hydrogens (primary N) is 2. The molecule has 0 radical (unpaired) electrons. The van der Waals surface area contributed by atoms with Gasteiger partial charge in [-0.1, -0.05) is 32.4 Å². The highest BCUT2D eigenvalue weighted by Gasteiger charge is 2.26. The Balaban J connectivity index is 1.93. The van der Waals surface area contributed by atoms with Gasteiger partial charge in [-0.2, -0.15) is 0 Å². The van der Waals surface area contributed by atoms with Crippen LogP contribution in [0.3, 0.4) is 0 Å². The molecule has 2 aromatic carbocycles. The molecule has 0 fully saturated rings. The van der Waals surface area contributed by atoms with E-state index in [-0.39, 0.29) is 28.8 Å². The lowest BCUT2D eigenvalue weighted by Crippen LogP contribution is -2.14. The molecule has 0 aliphatic heterocycles. The minimum atomic E-state index is -3.85. The maximum Gasteiger partial charge on any atom is 0.344 e. The number of esters is 1. The van der Waals surface area contributed by atoms with Crippen LogP contribution in [0.1, 0.15) is 30.6 Å². The summed E-state index contributed by atoms with van der Waals surface area (Å²) in [5, 5.41) is 5.20. The van der Waals surface area contributed by atoms with Crippen molar-refractivity contribution < 1.29 is 17.9 Å². The Kier molecular flexibility index (Phi) is 5.57. The summed E-state index contributed by atoms with van der Waals surface area (Å²) in [7, 11) is -3.85. The van der Waals surface area contributed by atoms with E-state index in [2.05, 4.69) is 9.97 Å². The van der Waals surface area contributed by atoms with Gasteiger partial charge in [0, 0.05) is 5.69 Å². The number of rotatable bonds is 6. The minimum absolute atomic E-state index is 0.0407. The van der Waals surface area contributed by atoms with Crippen LogP contribution in [0.15, 0.2) is 53.4 Å². The molecule has 32 heavy (non-hydrogen) atoms. The van der Waals surface area contributed by atoms with E-state index in [0.717, 1.165) is 6.42 Å². The van der Waals surface area contributed by atoms with Crippen LogP contribution in [0, 0.1) is 5.92 Å². The number of aromatic nitrogens is 3. The second-order valence-corrected chi connectivity index (χ2v) is 9.19. The van der Waals surface area contributed by atoms with Crippen LogP contribution < -0.4 is 10.9 Å². The number of primary sulfonamides is 1. The Morgan fingerprint density at radius 1 is 1.09 bits per heavy atom. The lowest BCUT2D eigenvalue weighted by Gasteiger charge is -2.10. The molecule has 4 aromatic rings. The van der Waals surface area contributed by atoms with Crippen molar-refractivity contribution in [2.75, 3.05) is 12.3 Å². The second-order valence-electron chi connectivity index (χ2n) is 7.63. The number of nitrogen functional groups attached to an aromatic ring is 1. The maximum atomic E-state index is 13.0. The molecule has 9 nitrogen and oxygen atoms in total. The number of carbonyl (C=O) groups excluding carboxylic acids is 1. The molecule has 0 aliphatic carbocycles. The summed E-state index contributed by atoms with van der Waals surface area (Å²) in [5.41, 5.74) is 8.95. The van der Waals surface area contributed by atoms with Crippen LogP contribution in [-0.4, -0.2) is 35.5 Å². The van der Waals surface area contributed by atoms with E-state index < -0.39 is 16.0 Å². The van der Waals surface area contributed by atoms with Gasteiger partial charge < -0.3 is 10.5 Å². The number of hydrogen-bond acceptors (Lipinski definition) is 7. The Hall–Kier alpha value is -3.50. The van der Waals surface area contributed by atoms with E-state index in [0.29, 0.717) is 27.9 Å². The molecule has 0 saturated heterocycles. The largest absolute Gasteiger partial charge is 0.462 e. The van der Waals surface area contributed by atoms with Crippen LogP contribution in [0.4, 0.5) is 5.82 Å². The zero-order valence-corrected chi connectivity index (χ0v) is 18.5. The third-order valence-electron chi connectivity index (χ3n) is 5.32. The van der Waals surface area contributed by atoms with Gasteiger partial charge in [0.2, 0.25) is 10.0 Å². The SMILES string of the molecule is CC[C@@H](C)COC(=O)c1c(N)n(-c2ccc(S(N)(=O)=O)cc2)c2nc3ccccc3nc12. The quantitative estimate of drug-likeness (QED) is 0.427. The van der Waals surface area contributed by atoms with Crippen molar-refractivity contribution in [2.45, 2.75) is 25.2 Å². The fraction of sp³-hybridized carbons (Fsp3) is 0.227. The molecule has 1 atom stereocenters. The topological polar surface area (TPSA) is 143 Å². The second kappa shape index (κ2) is 8.21. The molecule has 0 unspecified atom stereocenters. The monoisotopic (exact) mass is 453 g/mol. The number of benzene rings is 2. The standard InChI is InChI=1S/C22H23N5O4S/c1-3-13(2)12-31-22(28)18-19-21(26-17-7-5-4-6-16(17)25-19)27(20(18)23)14-8-10-15(11-9-14)32(24,29)30/h4-11,13H,3,12,23H2,1-2H3,(H2,24,29,30)/t13-/m1/s1. The highest BCUT2D eigenvalue weighted by Crippen LogP contribution is 2.32. The van der Waals surface area contributed by atoms with E-state index >= 15 is 0 Å². The first-order chi connectivity index (χ1) is 15.2. The Labute approximate surface area is 185 Å². The summed E-state index contributed by atoms with van der Waals surface area (Å²) in [4.78, 5) is 22.2. The van der Waals surface area contributed by atoms with Gasteiger partial charge in [0.1, 0.15) is 16.9 Å². The molecule has 4 rings (SSSR count). The van der Waals surface area contributed by atoms with Crippen molar-refractivity contribution >= 4 is 44.0 Å². The molecular formula is C22H23N5O4S. The van der Waals surface area contributed by atoms with Crippen molar-refractivity contribution in [2.24, 2.45) is 11.1 Å². The number of hydrogen-bond donors (Lipinski definition) is 2. The van der Waals surface area contributed by atoms with E-state index in [9.17, 15) is 13.2 Å². The summed E-state index contributed by atoms with van der Waals surface area (Å²) in [6, 6.07) is 13.1. The summed E-state index contributed by atoms with van der Waals surface area (Å²) in [6.45, 7) is 4.26.